The van der Waals surface area contributed by atoms with Gasteiger partial charge in [0.2, 0.25) is 11.8 Å². The Morgan fingerprint density at radius 3 is 2.62 bits per heavy atom. The van der Waals surface area contributed by atoms with E-state index in [1.807, 2.05) is 0 Å². The van der Waals surface area contributed by atoms with E-state index in [2.05, 4.69) is 10.5 Å². The van der Waals surface area contributed by atoms with Crippen LogP contribution in [-0.4, -0.2) is 47.9 Å². The molecule has 1 fully saturated rings. The first-order chi connectivity index (χ1) is 12.4. The molecule has 8 nitrogen and oxygen atoms in total. The van der Waals surface area contributed by atoms with Crippen LogP contribution < -0.4 is 10.2 Å². The summed E-state index contributed by atoms with van der Waals surface area (Å²) >= 11 is 0. The number of carbonyl (C=O) groups excluding carboxylic acids is 3. The van der Waals surface area contributed by atoms with Crippen LogP contribution in [0.2, 0.25) is 0 Å². The van der Waals surface area contributed by atoms with Gasteiger partial charge in [0.1, 0.15) is 5.76 Å². The molecule has 8 heteroatoms. The molecule has 1 N–H and O–H groups in total. The topological polar surface area (TPSA) is 95.8 Å². The second-order valence-corrected chi connectivity index (χ2v) is 6.23. The Morgan fingerprint density at radius 2 is 2.04 bits per heavy atom. The molecule has 0 aliphatic carbocycles. The molecule has 0 spiro atoms. The maximum atomic E-state index is 12.5. The fourth-order valence-electron chi connectivity index (χ4n) is 2.82. The minimum atomic E-state index is -0.367. The molecule has 1 aliphatic rings. The number of rotatable bonds is 5. The molecule has 0 unspecified atom stereocenters. The van der Waals surface area contributed by atoms with Crippen molar-refractivity contribution in [3.8, 4) is 0 Å². The van der Waals surface area contributed by atoms with Crippen LogP contribution in [0.25, 0.3) is 0 Å². The summed E-state index contributed by atoms with van der Waals surface area (Å²) in [5, 5.41) is 6.25. The molecular formula is C18H20N4O4. The van der Waals surface area contributed by atoms with Crippen LogP contribution in [0.5, 0.6) is 0 Å². The lowest BCUT2D eigenvalue weighted by atomic mass is 10.1. The summed E-state index contributed by atoms with van der Waals surface area (Å²) in [6.45, 7) is 2.31. The van der Waals surface area contributed by atoms with Gasteiger partial charge in [-0.05, 0) is 37.6 Å². The van der Waals surface area contributed by atoms with Crippen LogP contribution in [-0.2, 0) is 9.59 Å². The van der Waals surface area contributed by atoms with E-state index < -0.39 is 0 Å². The van der Waals surface area contributed by atoms with Gasteiger partial charge in [0.25, 0.3) is 5.91 Å². The highest BCUT2D eigenvalue weighted by molar-refractivity contribution is 6.00. The number of aromatic nitrogens is 1. The van der Waals surface area contributed by atoms with Crippen LogP contribution in [0.4, 0.5) is 11.5 Å². The Labute approximate surface area is 150 Å². The quantitative estimate of drug-likeness (QED) is 0.882. The van der Waals surface area contributed by atoms with Gasteiger partial charge in [-0.3, -0.25) is 14.4 Å². The fraction of sp³-hybridized carbons (Fsp3) is 0.333. The summed E-state index contributed by atoms with van der Waals surface area (Å²) in [5.41, 5.74) is 1.24. The Balaban J connectivity index is 1.59. The van der Waals surface area contributed by atoms with Gasteiger partial charge in [0, 0.05) is 37.3 Å². The third-order valence-electron chi connectivity index (χ3n) is 4.12. The highest BCUT2D eigenvalue weighted by atomic mass is 16.5. The smallest absolute Gasteiger partial charge is 0.254 e. The standard InChI is InChI=1S/C18H20N4O4/c1-12-10-15(20-26-12)19-16(23)11-21(2)18(25)13-5-7-14(8-6-13)22-9-3-4-17(22)24/h5-8,10H,3-4,9,11H2,1-2H3,(H,19,20,23). The average molecular weight is 356 g/mol. The number of amides is 3. The second-order valence-electron chi connectivity index (χ2n) is 6.23. The molecule has 0 saturated carbocycles. The lowest BCUT2D eigenvalue weighted by Gasteiger charge is -2.18. The largest absolute Gasteiger partial charge is 0.360 e. The van der Waals surface area contributed by atoms with Gasteiger partial charge >= 0.3 is 0 Å². The van der Waals surface area contributed by atoms with Crippen molar-refractivity contribution in [3.63, 3.8) is 0 Å². The van der Waals surface area contributed by atoms with Crippen LogP contribution in [0, 0.1) is 6.92 Å². The minimum absolute atomic E-state index is 0.0981. The number of hydrogen-bond acceptors (Lipinski definition) is 5. The molecule has 1 aliphatic heterocycles. The lowest BCUT2D eigenvalue weighted by molar-refractivity contribution is -0.117. The number of nitrogens with zero attached hydrogens (tertiary/aromatic N) is 3. The lowest BCUT2D eigenvalue weighted by Crippen LogP contribution is -2.35. The van der Waals surface area contributed by atoms with Crippen LogP contribution in [0.1, 0.15) is 29.0 Å². The van der Waals surface area contributed by atoms with Crippen LogP contribution >= 0.6 is 0 Å². The average Bonchev–Trinajstić information content (AvgIpc) is 3.22. The zero-order valence-electron chi connectivity index (χ0n) is 14.7. The van der Waals surface area contributed by atoms with Gasteiger partial charge in [-0.15, -0.1) is 0 Å². The fourth-order valence-corrected chi connectivity index (χ4v) is 2.82. The van der Waals surface area contributed by atoms with Crippen molar-refractivity contribution in [2.75, 3.05) is 30.4 Å². The van der Waals surface area contributed by atoms with Gasteiger partial charge in [0.15, 0.2) is 5.82 Å². The van der Waals surface area contributed by atoms with E-state index in [0.717, 1.165) is 12.1 Å². The SMILES string of the molecule is Cc1cc(NC(=O)CN(C)C(=O)c2ccc(N3CCCC3=O)cc2)no1. The van der Waals surface area contributed by atoms with Crippen LogP contribution in [0.15, 0.2) is 34.9 Å². The van der Waals surface area contributed by atoms with E-state index in [4.69, 9.17) is 4.52 Å². The van der Waals surface area contributed by atoms with Crippen molar-refractivity contribution in [2.24, 2.45) is 0 Å². The Hall–Kier alpha value is -3.16. The summed E-state index contributed by atoms with van der Waals surface area (Å²) in [6.07, 6.45) is 1.41. The molecule has 2 heterocycles. The number of nitrogens with one attached hydrogen (secondary N) is 1. The molecule has 3 rings (SSSR count). The van der Waals surface area contributed by atoms with Crippen molar-refractivity contribution in [2.45, 2.75) is 19.8 Å². The molecule has 26 heavy (non-hydrogen) atoms. The molecule has 3 amide bonds. The highest BCUT2D eigenvalue weighted by Crippen LogP contribution is 2.22. The first-order valence-corrected chi connectivity index (χ1v) is 8.33. The zero-order chi connectivity index (χ0) is 18.7. The monoisotopic (exact) mass is 356 g/mol. The Bertz CT molecular complexity index is 828. The molecule has 0 bridgehead atoms. The first kappa shape index (κ1) is 17.7. The number of likely N-dealkylation sites (N-methyl/N-ethyl adjacent to an activating group) is 1. The summed E-state index contributed by atoms with van der Waals surface area (Å²) in [7, 11) is 1.55. The summed E-state index contributed by atoms with van der Waals surface area (Å²) in [6, 6.07) is 8.43. The minimum Gasteiger partial charge on any atom is -0.360 e. The predicted molar refractivity (Wildman–Crippen MR) is 94.9 cm³/mol. The molecule has 0 atom stereocenters. The van der Waals surface area contributed by atoms with Crippen molar-refractivity contribution in [1.29, 1.82) is 0 Å². The molecule has 1 aromatic heterocycles. The molecule has 0 radical (unpaired) electrons. The number of carbonyl (C=O) groups is 3. The first-order valence-electron chi connectivity index (χ1n) is 8.33. The van der Waals surface area contributed by atoms with Crippen molar-refractivity contribution in [3.05, 3.63) is 41.7 Å². The van der Waals surface area contributed by atoms with Gasteiger partial charge in [-0.2, -0.15) is 0 Å². The number of aryl methyl sites for hydroxylation is 1. The molecule has 1 aromatic carbocycles. The number of hydrogen-bond donors (Lipinski definition) is 1. The maximum Gasteiger partial charge on any atom is 0.254 e. The molecular weight excluding hydrogens is 336 g/mol. The third-order valence-corrected chi connectivity index (χ3v) is 4.12. The van der Waals surface area contributed by atoms with E-state index >= 15 is 0 Å². The van der Waals surface area contributed by atoms with Gasteiger partial charge in [-0.1, -0.05) is 5.16 Å². The maximum absolute atomic E-state index is 12.5. The van der Waals surface area contributed by atoms with Crippen molar-refractivity contribution >= 4 is 29.2 Å². The summed E-state index contributed by atoms with van der Waals surface area (Å²) in [4.78, 5) is 39.3. The Morgan fingerprint density at radius 1 is 1.31 bits per heavy atom. The predicted octanol–water partition coefficient (Wildman–Crippen LogP) is 1.82. The van der Waals surface area contributed by atoms with Crippen molar-refractivity contribution in [1.82, 2.24) is 10.1 Å². The normalized spacial score (nSPS) is 13.8. The van der Waals surface area contributed by atoms with E-state index in [0.29, 0.717) is 30.1 Å². The number of benzene rings is 1. The second kappa shape index (κ2) is 7.38. The summed E-state index contributed by atoms with van der Waals surface area (Å²) in [5.74, 6) is 0.347. The van der Waals surface area contributed by atoms with Gasteiger partial charge in [-0.25, -0.2) is 0 Å². The van der Waals surface area contributed by atoms with E-state index in [9.17, 15) is 14.4 Å². The molecule has 1 saturated heterocycles. The van der Waals surface area contributed by atoms with Crippen molar-refractivity contribution < 1.29 is 18.9 Å². The number of anilines is 2. The van der Waals surface area contributed by atoms with E-state index in [1.54, 1.807) is 49.2 Å². The van der Waals surface area contributed by atoms with Gasteiger partial charge in [0.05, 0.1) is 6.54 Å². The molecule has 2 aromatic rings. The summed E-state index contributed by atoms with van der Waals surface area (Å²) < 4.78 is 4.87. The zero-order valence-corrected chi connectivity index (χ0v) is 14.7. The highest BCUT2D eigenvalue weighted by Gasteiger charge is 2.22. The van der Waals surface area contributed by atoms with E-state index in [1.165, 1.54) is 4.90 Å². The van der Waals surface area contributed by atoms with Crippen LogP contribution in [0.3, 0.4) is 0 Å². The molecule has 136 valence electrons. The Kier molecular flexibility index (Phi) is 5.01. The van der Waals surface area contributed by atoms with E-state index in [-0.39, 0.29) is 24.3 Å². The van der Waals surface area contributed by atoms with Gasteiger partial charge < -0.3 is 19.6 Å². The third kappa shape index (κ3) is 3.90.